The Kier molecular flexibility index (Phi) is 3.63. The summed E-state index contributed by atoms with van der Waals surface area (Å²) in [6.07, 6.45) is 1.36. The highest BCUT2D eigenvalue weighted by Gasteiger charge is 2.33. The lowest BCUT2D eigenvalue weighted by Crippen LogP contribution is -2.46. The van der Waals surface area contributed by atoms with Crippen LogP contribution < -0.4 is 15.4 Å². The van der Waals surface area contributed by atoms with Crippen molar-refractivity contribution in [3.63, 3.8) is 0 Å². The smallest absolute Gasteiger partial charge is 0.227 e. The van der Waals surface area contributed by atoms with Gasteiger partial charge in [-0.15, -0.1) is 0 Å². The van der Waals surface area contributed by atoms with Gasteiger partial charge in [0, 0.05) is 18.7 Å². The number of carbonyl (C=O) groups excluding carboxylic acids is 1. The maximum Gasteiger partial charge on any atom is 0.227 e. The number of nitrogens with one attached hydrogen (secondary N) is 2. The Hall–Kier alpha value is -1.59. The predicted molar refractivity (Wildman–Crippen MR) is 74.7 cm³/mol. The van der Waals surface area contributed by atoms with Gasteiger partial charge in [0.05, 0.1) is 18.1 Å². The maximum atomic E-state index is 12.4. The van der Waals surface area contributed by atoms with Gasteiger partial charge in [0.1, 0.15) is 5.75 Å². The number of β-amino-alcohol motifs (C(OH)–C–C–N with tert-alkyl or cyclic N) is 1. The summed E-state index contributed by atoms with van der Waals surface area (Å²) >= 11 is 0. The fraction of sp³-hybridized carbons (Fsp3) is 0.533. The molecule has 2 aliphatic heterocycles. The highest BCUT2D eigenvalue weighted by molar-refractivity contribution is 5.84. The van der Waals surface area contributed by atoms with Gasteiger partial charge in [0.25, 0.3) is 0 Å². The molecule has 5 nitrogen and oxygen atoms in total. The zero-order chi connectivity index (χ0) is 14.0. The van der Waals surface area contributed by atoms with Crippen molar-refractivity contribution < 1.29 is 14.6 Å². The SMILES string of the molecule is O=C(NCC1(O)CCNC1)C1CCOc2ccccc21. The van der Waals surface area contributed by atoms with Gasteiger partial charge in [0.15, 0.2) is 0 Å². The molecule has 2 heterocycles. The Morgan fingerprint density at radius 2 is 2.35 bits per heavy atom. The van der Waals surface area contributed by atoms with Crippen LogP contribution in [0.25, 0.3) is 0 Å². The van der Waals surface area contributed by atoms with Crippen molar-refractivity contribution in [3.05, 3.63) is 29.8 Å². The first-order valence-electron chi connectivity index (χ1n) is 7.10. The van der Waals surface area contributed by atoms with Crippen molar-refractivity contribution in [3.8, 4) is 5.75 Å². The molecular weight excluding hydrogens is 256 g/mol. The molecule has 2 atom stereocenters. The highest BCUT2D eigenvalue weighted by atomic mass is 16.5. The number of aliphatic hydroxyl groups is 1. The monoisotopic (exact) mass is 276 g/mol. The molecule has 0 radical (unpaired) electrons. The van der Waals surface area contributed by atoms with Gasteiger partial charge < -0.3 is 20.5 Å². The molecule has 3 rings (SSSR count). The molecule has 1 aromatic carbocycles. The third kappa shape index (κ3) is 2.64. The molecular formula is C15H20N2O3. The summed E-state index contributed by atoms with van der Waals surface area (Å²) in [5.41, 5.74) is 0.133. The van der Waals surface area contributed by atoms with Gasteiger partial charge in [-0.3, -0.25) is 4.79 Å². The second-order valence-electron chi connectivity index (χ2n) is 5.60. The summed E-state index contributed by atoms with van der Waals surface area (Å²) in [4.78, 5) is 12.4. The van der Waals surface area contributed by atoms with Gasteiger partial charge in [-0.1, -0.05) is 18.2 Å². The van der Waals surface area contributed by atoms with E-state index in [1.165, 1.54) is 0 Å². The maximum absolute atomic E-state index is 12.4. The van der Waals surface area contributed by atoms with Crippen molar-refractivity contribution in [1.29, 1.82) is 0 Å². The molecule has 1 fully saturated rings. The summed E-state index contributed by atoms with van der Waals surface area (Å²) in [7, 11) is 0. The summed E-state index contributed by atoms with van der Waals surface area (Å²) < 4.78 is 5.56. The van der Waals surface area contributed by atoms with Crippen molar-refractivity contribution in [2.75, 3.05) is 26.2 Å². The topological polar surface area (TPSA) is 70.6 Å². The number of rotatable bonds is 3. The standard InChI is InChI=1S/C15H20N2O3/c18-14(17-10-15(19)6-7-16-9-15)12-5-8-20-13-4-2-1-3-11(12)13/h1-4,12,16,19H,5-10H2,(H,17,18). The quantitative estimate of drug-likeness (QED) is 0.747. The minimum Gasteiger partial charge on any atom is -0.493 e. The van der Waals surface area contributed by atoms with E-state index < -0.39 is 5.60 Å². The van der Waals surface area contributed by atoms with Gasteiger partial charge in [-0.25, -0.2) is 0 Å². The Morgan fingerprint density at radius 3 is 3.15 bits per heavy atom. The lowest BCUT2D eigenvalue weighted by molar-refractivity contribution is -0.124. The first kappa shape index (κ1) is 13.4. The Morgan fingerprint density at radius 1 is 1.50 bits per heavy atom. The summed E-state index contributed by atoms with van der Waals surface area (Å²) in [5.74, 6) is 0.583. The predicted octanol–water partition coefficient (Wildman–Crippen LogP) is 0.393. The molecule has 1 amide bonds. The van der Waals surface area contributed by atoms with Crippen LogP contribution in [-0.2, 0) is 4.79 Å². The van der Waals surface area contributed by atoms with Gasteiger partial charge >= 0.3 is 0 Å². The number of hydrogen-bond donors (Lipinski definition) is 3. The number of benzene rings is 1. The van der Waals surface area contributed by atoms with Crippen molar-refractivity contribution in [2.45, 2.75) is 24.4 Å². The highest BCUT2D eigenvalue weighted by Crippen LogP contribution is 2.33. The lowest BCUT2D eigenvalue weighted by Gasteiger charge is -2.27. The average molecular weight is 276 g/mol. The third-order valence-corrected chi connectivity index (χ3v) is 4.09. The van der Waals surface area contributed by atoms with E-state index >= 15 is 0 Å². The summed E-state index contributed by atoms with van der Waals surface area (Å²) in [5, 5.41) is 16.2. The van der Waals surface area contributed by atoms with E-state index in [1.807, 2.05) is 24.3 Å². The van der Waals surface area contributed by atoms with E-state index in [1.54, 1.807) is 0 Å². The molecule has 108 valence electrons. The van der Waals surface area contributed by atoms with E-state index in [-0.39, 0.29) is 11.8 Å². The second-order valence-corrected chi connectivity index (χ2v) is 5.60. The molecule has 0 aliphatic carbocycles. The molecule has 20 heavy (non-hydrogen) atoms. The molecule has 5 heteroatoms. The van der Waals surface area contributed by atoms with E-state index in [2.05, 4.69) is 10.6 Å². The van der Waals surface area contributed by atoms with Crippen LogP contribution in [0.4, 0.5) is 0 Å². The number of carbonyl (C=O) groups is 1. The first-order valence-corrected chi connectivity index (χ1v) is 7.10. The van der Waals surface area contributed by atoms with E-state index in [0.29, 0.717) is 32.5 Å². The molecule has 3 N–H and O–H groups in total. The largest absolute Gasteiger partial charge is 0.493 e. The Bertz CT molecular complexity index is 498. The minimum absolute atomic E-state index is 0.0268. The molecule has 0 saturated carbocycles. The van der Waals surface area contributed by atoms with Gasteiger partial charge in [-0.05, 0) is 25.5 Å². The Labute approximate surface area is 118 Å². The van der Waals surface area contributed by atoms with Crippen molar-refractivity contribution in [2.24, 2.45) is 0 Å². The Balaban J connectivity index is 1.66. The molecule has 2 unspecified atom stereocenters. The zero-order valence-electron chi connectivity index (χ0n) is 11.4. The number of para-hydroxylation sites is 1. The van der Waals surface area contributed by atoms with Crippen LogP contribution in [0.2, 0.25) is 0 Å². The van der Waals surface area contributed by atoms with Crippen molar-refractivity contribution in [1.82, 2.24) is 10.6 Å². The molecule has 0 bridgehead atoms. The number of ether oxygens (including phenoxy) is 1. The van der Waals surface area contributed by atoms with Crippen LogP contribution in [0.1, 0.15) is 24.3 Å². The summed E-state index contributed by atoms with van der Waals surface area (Å²) in [6, 6.07) is 7.65. The normalized spacial score (nSPS) is 28.6. The molecule has 0 aromatic heterocycles. The van der Waals surface area contributed by atoms with Gasteiger partial charge in [-0.2, -0.15) is 0 Å². The van der Waals surface area contributed by atoms with Crippen LogP contribution >= 0.6 is 0 Å². The van der Waals surface area contributed by atoms with Crippen LogP contribution in [0.15, 0.2) is 24.3 Å². The molecule has 0 spiro atoms. The van der Waals surface area contributed by atoms with Crippen LogP contribution in [0.5, 0.6) is 5.75 Å². The fourth-order valence-electron chi connectivity index (χ4n) is 2.87. The first-order chi connectivity index (χ1) is 9.68. The van der Waals surface area contributed by atoms with Crippen LogP contribution in [0.3, 0.4) is 0 Å². The van der Waals surface area contributed by atoms with E-state index in [4.69, 9.17) is 4.74 Å². The van der Waals surface area contributed by atoms with Crippen LogP contribution in [-0.4, -0.2) is 42.9 Å². The fourth-order valence-corrected chi connectivity index (χ4v) is 2.87. The van der Waals surface area contributed by atoms with Gasteiger partial charge in [0.2, 0.25) is 5.91 Å². The van der Waals surface area contributed by atoms with Crippen LogP contribution in [0, 0.1) is 0 Å². The number of fused-ring (bicyclic) bond motifs is 1. The molecule has 2 aliphatic rings. The number of hydrogen-bond acceptors (Lipinski definition) is 4. The summed E-state index contributed by atoms with van der Waals surface area (Å²) in [6.45, 7) is 2.20. The second kappa shape index (κ2) is 5.42. The minimum atomic E-state index is -0.805. The lowest BCUT2D eigenvalue weighted by atomic mass is 9.92. The van der Waals surface area contributed by atoms with Crippen molar-refractivity contribution >= 4 is 5.91 Å². The van der Waals surface area contributed by atoms with E-state index in [0.717, 1.165) is 17.9 Å². The molecule has 1 saturated heterocycles. The van der Waals surface area contributed by atoms with E-state index in [9.17, 15) is 9.90 Å². The zero-order valence-corrected chi connectivity index (χ0v) is 11.4. The molecule has 1 aromatic rings. The number of amides is 1. The third-order valence-electron chi connectivity index (χ3n) is 4.09. The average Bonchev–Trinajstić information content (AvgIpc) is 2.91.